The van der Waals surface area contributed by atoms with Gasteiger partial charge in [-0.15, -0.1) is 11.8 Å². The molecule has 0 bridgehead atoms. The number of pyridine rings is 1. The van der Waals surface area contributed by atoms with Gasteiger partial charge in [-0.3, -0.25) is 14.6 Å². The lowest BCUT2D eigenvalue weighted by Gasteiger charge is -2.06. The number of esters is 1. The zero-order valence-electron chi connectivity index (χ0n) is 10.2. The van der Waals surface area contributed by atoms with Crippen LogP contribution in [0.1, 0.15) is 30.8 Å². The SMILES string of the molecule is CCOC(=O)CC(=O)c1ncc(Br)cc1SCC. The lowest BCUT2D eigenvalue weighted by Crippen LogP contribution is -2.13. The molecule has 0 aromatic carbocycles. The van der Waals surface area contributed by atoms with Crippen LogP contribution in [0, 0.1) is 0 Å². The van der Waals surface area contributed by atoms with Crippen molar-refractivity contribution < 1.29 is 14.3 Å². The van der Waals surface area contributed by atoms with Crippen LogP contribution in [0.2, 0.25) is 0 Å². The van der Waals surface area contributed by atoms with Gasteiger partial charge in [-0.05, 0) is 34.7 Å². The van der Waals surface area contributed by atoms with Crippen molar-refractivity contribution in [2.45, 2.75) is 25.2 Å². The molecule has 1 aromatic heterocycles. The zero-order valence-corrected chi connectivity index (χ0v) is 12.6. The van der Waals surface area contributed by atoms with E-state index in [9.17, 15) is 9.59 Å². The molecule has 0 aliphatic carbocycles. The van der Waals surface area contributed by atoms with Gasteiger partial charge < -0.3 is 4.74 Å². The molecule has 0 saturated heterocycles. The van der Waals surface area contributed by atoms with E-state index < -0.39 is 5.97 Å². The number of ether oxygens (including phenoxy) is 1. The molecule has 0 spiro atoms. The number of carbonyl (C=O) groups excluding carboxylic acids is 2. The van der Waals surface area contributed by atoms with Gasteiger partial charge in [0.15, 0.2) is 5.78 Å². The van der Waals surface area contributed by atoms with Crippen molar-refractivity contribution in [1.82, 2.24) is 4.98 Å². The molecule has 0 unspecified atom stereocenters. The molecule has 1 aromatic rings. The minimum Gasteiger partial charge on any atom is -0.466 e. The maximum Gasteiger partial charge on any atom is 0.313 e. The highest BCUT2D eigenvalue weighted by Crippen LogP contribution is 2.25. The van der Waals surface area contributed by atoms with E-state index in [1.807, 2.05) is 13.0 Å². The molecular weight excluding hydrogens is 318 g/mol. The van der Waals surface area contributed by atoms with Gasteiger partial charge >= 0.3 is 5.97 Å². The number of hydrogen-bond acceptors (Lipinski definition) is 5. The maximum atomic E-state index is 11.9. The van der Waals surface area contributed by atoms with Crippen molar-refractivity contribution in [3.63, 3.8) is 0 Å². The van der Waals surface area contributed by atoms with Crippen LogP contribution in [0.25, 0.3) is 0 Å². The van der Waals surface area contributed by atoms with Gasteiger partial charge in [0.1, 0.15) is 12.1 Å². The maximum absolute atomic E-state index is 11.9. The molecule has 0 aliphatic heterocycles. The van der Waals surface area contributed by atoms with Crippen molar-refractivity contribution in [2.75, 3.05) is 12.4 Å². The van der Waals surface area contributed by atoms with Crippen molar-refractivity contribution in [3.05, 3.63) is 22.4 Å². The van der Waals surface area contributed by atoms with Gasteiger partial charge in [-0.25, -0.2) is 0 Å². The van der Waals surface area contributed by atoms with Crippen LogP contribution in [0.3, 0.4) is 0 Å². The topological polar surface area (TPSA) is 56.3 Å². The van der Waals surface area contributed by atoms with Gasteiger partial charge in [0.2, 0.25) is 0 Å². The molecule has 1 rings (SSSR count). The Morgan fingerprint density at radius 3 is 2.78 bits per heavy atom. The monoisotopic (exact) mass is 331 g/mol. The van der Waals surface area contributed by atoms with Crippen LogP contribution >= 0.6 is 27.7 Å². The van der Waals surface area contributed by atoms with Crippen molar-refractivity contribution in [1.29, 1.82) is 0 Å². The summed E-state index contributed by atoms with van der Waals surface area (Å²) in [6.07, 6.45) is 1.29. The van der Waals surface area contributed by atoms with Crippen LogP contribution in [0.4, 0.5) is 0 Å². The number of rotatable bonds is 6. The fraction of sp³-hybridized carbons (Fsp3) is 0.417. The molecule has 0 saturated carbocycles. The Labute approximate surface area is 119 Å². The summed E-state index contributed by atoms with van der Waals surface area (Å²) in [5.74, 6) is 0.00855. The molecule has 18 heavy (non-hydrogen) atoms. The van der Waals surface area contributed by atoms with E-state index in [0.29, 0.717) is 5.69 Å². The summed E-state index contributed by atoms with van der Waals surface area (Å²) in [5, 5.41) is 0. The number of nitrogens with zero attached hydrogens (tertiary/aromatic N) is 1. The molecule has 0 aliphatic rings. The molecule has 0 radical (unpaired) electrons. The predicted octanol–water partition coefficient (Wildman–Crippen LogP) is 3.09. The van der Waals surface area contributed by atoms with Crippen molar-refractivity contribution >= 4 is 39.4 Å². The second-order valence-corrected chi connectivity index (χ2v) is 5.56. The third-order valence-corrected chi connectivity index (χ3v) is 3.34. The molecule has 6 heteroatoms. The second-order valence-electron chi connectivity index (χ2n) is 3.34. The van der Waals surface area contributed by atoms with E-state index in [1.54, 1.807) is 13.1 Å². The molecule has 0 amide bonds. The number of Topliss-reactive ketones (excluding diaryl/α,β-unsaturated/α-hetero) is 1. The highest BCUT2D eigenvalue weighted by molar-refractivity contribution is 9.10. The summed E-state index contributed by atoms with van der Waals surface area (Å²) < 4.78 is 5.57. The minimum absolute atomic E-state index is 0.264. The smallest absolute Gasteiger partial charge is 0.313 e. The number of hydrogen-bond donors (Lipinski definition) is 0. The highest BCUT2D eigenvalue weighted by Gasteiger charge is 2.18. The fourth-order valence-corrected chi connectivity index (χ4v) is 2.63. The van der Waals surface area contributed by atoms with Crippen LogP contribution in [-0.2, 0) is 9.53 Å². The highest BCUT2D eigenvalue weighted by atomic mass is 79.9. The first-order chi connectivity index (χ1) is 8.58. The third-order valence-electron chi connectivity index (χ3n) is 1.99. The lowest BCUT2D eigenvalue weighted by molar-refractivity contribution is -0.141. The van der Waals surface area contributed by atoms with E-state index >= 15 is 0 Å². The molecular formula is C12H14BrNO3S. The van der Waals surface area contributed by atoms with Crippen LogP contribution in [0.5, 0.6) is 0 Å². The van der Waals surface area contributed by atoms with Crippen LogP contribution < -0.4 is 0 Å². The summed E-state index contributed by atoms with van der Waals surface area (Å²) >= 11 is 4.83. The van der Waals surface area contributed by atoms with Gasteiger partial charge in [-0.2, -0.15) is 0 Å². The van der Waals surface area contributed by atoms with E-state index in [1.165, 1.54) is 11.8 Å². The lowest BCUT2D eigenvalue weighted by atomic mass is 10.2. The van der Waals surface area contributed by atoms with Crippen molar-refractivity contribution in [3.8, 4) is 0 Å². The number of ketones is 1. The van der Waals surface area contributed by atoms with Gasteiger partial charge in [0.05, 0.1) is 6.61 Å². The number of carbonyl (C=O) groups is 2. The second kappa shape index (κ2) is 7.53. The standard InChI is InChI=1S/C12H14BrNO3S/c1-3-17-11(16)6-9(15)12-10(18-4-2)5-8(13)7-14-12/h5,7H,3-4,6H2,1-2H3. The molecule has 1 heterocycles. The predicted molar refractivity (Wildman–Crippen MR) is 73.9 cm³/mol. The summed E-state index contributed by atoms with van der Waals surface area (Å²) in [6, 6.07) is 1.83. The number of thioether (sulfide) groups is 1. The van der Waals surface area contributed by atoms with E-state index in [2.05, 4.69) is 20.9 Å². The van der Waals surface area contributed by atoms with E-state index in [0.717, 1.165) is 15.1 Å². The van der Waals surface area contributed by atoms with E-state index in [4.69, 9.17) is 4.74 Å². The van der Waals surface area contributed by atoms with E-state index in [-0.39, 0.29) is 18.8 Å². The van der Waals surface area contributed by atoms with Crippen molar-refractivity contribution in [2.24, 2.45) is 0 Å². The Hall–Kier alpha value is -0.880. The Morgan fingerprint density at radius 1 is 1.44 bits per heavy atom. The Bertz CT molecular complexity index is 451. The van der Waals surface area contributed by atoms with Gasteiger partial charge in [0.25, 0.3) is 0 Å². The normalized spacial score (nSPS) is 10.2. The summed E-state index contributed by atoms with van der Waals surface area (Å²) in [5.41, 5.74) is 0.332. The summed E-state index contributed by atoms with van der Waals surface area (Å²) in [7, 11) is 0. The van der Waals surface area contributed by atoms with Gasteiger partial charge in [-0.1, -0.05) is 6.92 Å². The van der Waals surface area contributed by atoms with Crippen LogP contribution in [-0.4, -0.2) is 29.1 Å². The first-order valence-electron chi connectivity index (χ1n) is 5.55. The Kier molecular flexibility index (Phi) is 6.35. The summed E-state index contributed by atoms with van der Waals surface area (Å²) in [6.45, 7) is 3.97. The molecule has 0 N–H and O–H groups in total. The third kappa shape index (κ3) is 4.42. The average molecular weight is 332 g/mol. The van der Waals surface area contributed by atoms with Crippen LogP contribution in [0.15, 0.2) is 21.6 Å². The quantitative estimate of drug-likeness (QED) is 0.347. The summed E-state index contributed by atoms with van der Waals surface area (Å²) in [4.78, 5) is 28.1. The zero-order chi connectivity index (χ0) is 13.5. The molecule has 0 fully saturated rings. The first-order valence-corrected chi connectivity index (χ1v) is 7.33. The van der Waals surface area contributed by atoms with Gasteiger partial charge in [0, 0.05) is 15.6 Å². The fourth-order valence-electron chi connectivity index (χ4n) is 1.32. The average Bonchev–Trinajstić information content (AvgIpc) is 2.29. The largest absolute Gasteiger partial charge is 0.466 e. The number of halogens is 1. The number of aromatic nitrogens is 1. The minimum atomic E-state index is -0.514. The molecule has 0 atom stereocenters. The molecule has 4 nitrogen and oxygen atoms in total. The Morgan fingerprint density at radius 2 is 2.17 bits per heavy atom. The Balaban J connectivity index is 2.87. The first kappa shape index (κ1) is 15.2. The molecule has 98 valence electrons.